The Morgan fingerprint density at radius 2 is 1.00 bits per heavy atom. The largest absolute Gasteiger partial charge is 2.00 e. The number of oxime groups is 4. The van der Waals surface area contributed by atoms with Gasteiger partial charge >= 0.3 is 16.8 Å². The quantitative estimate of drug-likeness (QED) is 0.225. The summed E-state index contributed by atoms with van der Waals surface area (Å²) in [5.41, 5.74) is 1.25. The molecule has 0 amide bonds. The zero-order chi connectivity index (χ0) is 20.8. The van der Waals surface area contributed by atoms with Crippen molar-refractivity contribution < 1.29 is 37.6 Å². The van der Waals surface area contributed by atoms with Crippen LogP contribution in [0.1, 0.15) is 67.2 Å². The van der Waals surface area contributed by atoms with Crippen molar-refractivity contribution >= 4 is 22.8 Å². The predicted molar refractivity (Wildman–Crippen MR) is 107 cm³/mol. The van der Waals surface area contributed by atoms with E-state index in [2.05, 4.69) is 46.2 Å². The molecule has 0 atom stereocenters. The molecule has 1 rings (SSSR count). The van der Waals surface area contributed by atoms with Crippen molar-refractivity contribution in [3.63, 3.8) is 0 Å². The Hall–Kier alpha value is -1.65. The molecular formula is C17H35CoN5O4. The van der Waals surface area contributed by atoms with Crippen LogP contribution in [0.2, 0.25) is 0 Å². The fourth-order valence-electron chi connectivity index (χ4n) is 1.03. The van der Waals surface area contributed by atoms with Gasteiger partial charge in [-0.2, -0.15) is 13.3 Å². The second-order valence-corrected chi connectivity index (χ2v) is 5.29. The summed E-state index contributed by atoms with van der Waals surface area (Å²) < 4.78 is 0. The van der Waals surface area contributed by atoms with E-state index in [1.54, 1.807) is 0 Å². The first-order chi connectivity index (χ1) is 12.4. The van der Waals surface area contributed by atoms with Gasteiger partial charge in [-0.15, -0.1) is 13.1 Å². The van der Waals surface area contributed by atoms with Gasteiger partial charge in [0.25, 0.3) is 0 Å². The first-order valence-corrected chi connectivity index (χ1v) is 8.52. The number of nitrogens with zero attached hydrogens (tertiary/aromatic N) is 5. The maximum atomic E-state index is 8.03. The van der Waals surface area contributed by atoms with Gasteiger partial charge in [0.05, 0.1) is 0 Å². The molecule has 0 unspecified atom stereocenters. The zero-order valence-electron chi connectivity index (χ0n) is 17.2. The van der Waals surface area contributed by atoms with Crippen molar-refractivity contribution in [2.45, 2.75) is 67.2 Å². The first-order valence-electron chi connectivity index (χ1n) is 8.52. The van der Waals surface area contributed by atoms with Crippen LogP contribution in [-0.4, -0.2) is 56.8 Å². The van der Waals surface area contributed by atoms with Crippen molar-refractivity contribution in [3.8, 4) is 0 Å². The normalized spacial score (nSPS) is 14.9. The van der Waals surface area contributed by atoms with E-state index in [0.29, 0.717) is 22.8 Å². The van der Waals surface area contributed by atoms with Crippen LogP contribution in [0.3, 0.4) is 0 Å². The Morgan fingerprint density at radius 1 is 0.741 bits per heavy atom. The zero-order valence-corrected chi connectivity index (χ0v) is 18.2. The van der Waals surface area contributed by atoms with Gasteiger partial charge in [-0.1, -0.05) is 46.8 Å². The third-order valence-corrected chi connectivity index (χ3v) is 3.19. The summed E-state index contributed by atoms with van der Waals surface area (Å²) in [6.45, 7) is 12.6. The Morgan fingerprint density at radius 3 is 1.07 bits per heavy atom. The molecule has 0 aromatic rings. The minimum Gasteiger partial charge on any atom is -0.662 e. The molecule has 0 spiro atoms. The molecule has 27 heavy (non-hydrogen) atoms. The summed E-state index contributed by atoms with van der Waals surface area (Å²) in [6.07, 6.45) is 7.39. The summed E-state index contributed by atoms with van der Waals surface area (Å²) in [4.78, 5) is 0. The van der Waals surface area contributed by atoms with Crippen LogP contribution in [0.4, 0.5) is 0 Å². The van der Waals surface area contributed by atoms with Crippen LogP contribution in [-0.2, 0) is 16.8 Å². The average molecular weight is 432 g/mol. The van der Waals surface area contributed by atoms with Crippen LogP contribution < -0.4 is 0 Å². The van der Waals surface area contributed by atoms with Crippen LogP contribution in [0.25, 0.3) is 5.32 Å². The van der Waals surface area contributed by atoms with Crippen molar-refractivity contribution in [2.24, 2.45) is 20.6 Å². The SMILES string of the molecule is C1CC[N-]CC1.CC(=N\O)/C(C)=N/O.CC(=N\O)/C(C)=N/O.C[CH-]CC.[Co+2]. The third kappa shape index (κ3) is 26.7. The number of unbranched alkanes of at least 4 members (excludes halogenated alkanes) is 1. The summed E-state index contributed by atoms with van der Waals surface area (Å²) in [5.74, 6) is 0. The fraction of sp³-hybridized carbons (Fsp3) is 0.706. The van der Waals surface area contributed by atoms with E-state index in [1.807, 2.05) is 0 Å². The summed E-state index contributed by atoms with van der Waals surface area (Å²) >= 11 is 0. The second kappa shape index (κ2) is 26.6. The van der Waals surface area contributed by atoms with Crippen LogP contribution in [0.15, 0.2) is 20.6 Å². The van der Waals surface area contributed by atoms with E-state index in [-0.39, 0.29) is 16.8 Å². The first kappa shape index (κ1) is 33.0. The van der Waals surface area contributed by atoms with Crippen molar-refractivity contribution in [2.75, 3.05) is 13.1 Å². The Labute approximate surface area is 173 Å². The minimum absolute atomic E-state index is 0. The number of piperidine rings is 1. The molecule has 0 aromatic heterocycles. The van der Waals surface area contributed by atoms with E-state index >= 15 is 0 Å². The standard InChI is InChI=1S/C5H10N.2C4H8N2O2.C4H9.Co/c1-2-4-6-5-3-1;2*1-3(5-7)4(2)6-8;1-3-4-2;/h1-5H2;2*7-8H,1-2H3;3H,4H2,1-2H3;/q-1;;;-1;+2/b;2*5-3+,6-4+;;. The average Bonchev–Trinajstić information content (AvgIpc) is 2.73. The van der Waals surface area contributed by atoms with Crippen LogP contribution in [0.5, 0.6) is 0 Å². The molecule has 161 valence electrons. The van der Waals surface area contributed by atoms with E-state index < -0.39 is 0 Å². The molecule has 1 saturated heterocycles. The van der Waals surface area contributed by atoms with E-state index in [0.717, 1.165) is 13.1 Å². The van der Waals surface area contributed by atoms with E-state index in [9.17, 15) is 0 Å². The smallest absolute Gasteiger partial charge is 0.662 e. The van der Waals surface area contributed by atoms with Crippen LogP contribution >= 0.6 is 0 Å². The Balaban J connectivity index is -0.000000133. The maximum Gasteiger partial charge on any atom is 2.00 e. The number of hydrogen-bond acceptors (Lipinski definition) is 8. The molecule has 9 nitrogen and oxygen atoms in total. The molecule has 1 heterocycles. The van der Waals surface area contributed by atoms with Crippen molar-refractivity contribution in [1.82, 2.24) is 0 Å². The summed E-state index contributed by atoms with van der Waals surface area (Å²) in [7, 11) is 0. The molecular weight excluding hydrogens is 397 g/mol. The summed E-state index contributed by atoms with van der Waals surface area (Å²) in [5, 5.41) is 47.4. The van der Waals surface area contributed by atoms with E-state index in [1.165, 1.54) is 53.4 Å². The maximum absolute atomic E-state index is 8.03. The van der Waals surface area contributed by atoms with Crippen molar-refractivity contribution in [3.05, 3.63) is 11.7 Å². The monoisotopic (exact) mass is 432 g/mol. The Bertz CT molecular complexity index is 360. The molecule has 10 heteroatoms. The molecule has 1 fully saturated rings. The molecule has 0 bridgehead atoms. The molecule has 1 aliphatic rings. The van der Waals surface area contributed by atoms with Crippen molar-refractivity contribution in [1.29, 1.82) is 0 Å². The summed E-state index contributed by atoms with van der Waals surface area (Å²) in [6, 6.07) is 0. The van der Waals surface area contributed by atoms with Gasteiger partial charge in [0, 0.05) is 0 Å². The van der Waals surface area contributed by atoms with Gasteiger partial charge in [0.2, 0.25) is 0 Å². The molecule has 1 radical (unpaired) electrons. The number of rotatable bonds is 3. The number of hydrogen-bond donors (Lipinski definition) is 4. The van der Waals surface area contributed by atoms with E-state index in [4.69, 9.17) is 20.8 Å². The predicted octanol–water partition coefficient (Wildman–Crippen LogP) is 4.54. The molecule has 4 N–H and O–H groups in total. The van der Waals surface area contributed by atoms with Gasteiger partial charge < -0.3 is 32.6 Å². The van der Waals surface area contributed by atoms with Gasteiger partial charge in [0.15, 0.2) is 0 Å². The second-order valence-electron chi connectivity index (χ2n) is 5.29. The van der Waals surface area contributed by atoms with Gasteiger partial charge in [0.1, 0.15) is 22.8 Å². The van der Waals surface area contributed by atoms with Gasteiger partial charge in [-0.05, 0) is 27.7 Å². The molecule has 0 saturated carbocycles. The van der Waals surface area contributed by atoms with Gasteiger partial charge in [-0.3, -0.25) is 0 Å². The third-order valence-electron chi connectivity index (χ3n) is 3.19. The minimum atomic E-state index is 0. The van der Waals surface area contributed by atoms with Crippen LogP contribution in [0, 0.1) is 6.42 Å². The molecule has 0 aromatic carbocycles. The van der Waals surface area contributed by atoms with Gasteiger partial charge in [-0.25, -0.2) is 0 Å². The fourth-order valence-corrected chi connectivity index (χ4v) is 1.03. The molecule has 0 aliphatic carbocycles. The molecule has 1 aliphatic heterocycles. The Kier molecular flexibility index (Phi) is 32.5. The topological polar surface area (TPSA) is 144 Å².